The average Bonchev–Trinajstić information content (AvgIpc) is 3.10. The zero-order valence-corrected chi connectivity index (χ0v) is 15.5. The lowest BCUT2D eigenvalue weighted by Gasteiger charge is -2.40. The maximum Gasteiger partial charge on any atom is 0.355 e. The number of nitrogens with one attached hydrogen (secondary N) is 1. The summed E-state index contributed by atoms with van der Waals surface area (Å²) in [6, 6.07) is 7.66. The molecule has 0 aliphatic heterocycles. The van der Waals surface area contributed by atoms with Crippen molar-refractivity contribution in [2.75, 3.05) is 13.7 Å². The minimum absolute atomic E-state index is 0.0498. The van der Waals surface area contributed by atoms with Crippen LogP contribution in [0.15, 0.2) is 29.6 Å². The number of carbonyl (C=O) groups is 2. The number of ether oxygens (including phenoxy) is 1. The van der Waals surface area contributed by atoms with E-state index in [1.54, 1.807) is 7.11 Å². The zero-order chi connectivity index (χ0) is 18.6. The molecule has 0 spiro atoms. The van der Waals surface area contributed by atoms with Gasteiger partial charge in [-0.15, -0.1) is 11.3 Å². The van der Waals surface area contributed by atoms with Gasteiger partial charge in [0.05, 0.1) is 5.41 Å². The molecule has 26 heavy (non-hydrogen) atoms. The van der Waals surface area contributed by atoms with Crippen molar-refractivity contribution >= 4 is 23.2 Å². The Hall–Kier alpha value is -2.25. The van der Waals surface area contributed by atoms with Crippen molar-refractivity contribution in [3.8, 4) is 10.6 Å². The molecular formula is C19H22N2O4S. The molecule has 0 bridgehead atoms. The van der Waals surface area contributed by atoms with Crippen LogP contribution in [0.5, 0.6) is 0 Å². The van der Waals surface area contributed by atoms with Gasteiger partial charge in [-0.1, -0.05) is 24.6 Å². The van der Waals surface area contributed by atoms with Gasteiger partial charge in [0.25, 0.3) is 0 Å². The monoisotopic (exact) mass is 374 g/mol. The Bertz CT molecular complexity index is 798. The van der Waals surface area contributed by atoms with Gasteiger partial charge in [-0.25, -0.2) is 9.78 Å². The standard InChI is InChI=1S/C19H22N2O4S/c1-25-9-8-19(6-3-7-19)18(24)20-11-13-4-2-5-14(10-13)16-21-15(12-26-16)17(22)23/h2,4-5,10,12H,3,6-9,11H2,1H3,(H,20,24)(H,22,23). The van der Waals surface area contributed by atoms with Crippen LogP contribution in [-0.2, 0) is 16.1 Å². The van der Waals surface area contributed by atoms with Crippen molar-refractivity contribution in [3.05, 3.63) is 40.9 Å². The van der Waals surface area contributed by atoms with E-state index in [1.165, 1.54) is 16.7 Å². The smallest absolute Gasteiger partial charge is 0.355 e. The normalized spacial score (nSPS) is 15.3. The fourth-order valence-electron chi connectivity index (χ4n) is 3.18. The number of nitrogens with zero attached hydrogens (tertiary/aromatic N) is 1. The Labute approximate surface area is 156 Å². The Morgan fingerprint density at radius 3 is 2.81 bits per heavy atom. The molecule has 1 fully saturated rings. The largest absolute Gasteiger partial charge is 0.476 e. The highest BCUT2D eigenvalue weighted by molar-refractivity contribution is 7.13. The van der Waals surface area contributed by atoms with E-state index < -0.39 is 5.97 Å². The van der Waals surface area contributed by atoms with Gasteiger partial charge < -0.3 is 15.2 Å². The van der Waals surface area contributed by atoms with Crippen LogP contribution >= 0.6 is 11.3 Å². The van der Waals surface area contributed by atoms with Crippen molar-refractivity contribution in [1.29, 1.82) is 0 Å². The molecule has 1 aromatic carbocycles. The number of rotatable bonds is 8. The molecule has 0 radical (unpaired) electrons. The third-order valence-electron chi connectivity index (χ3n) is 4.93. The molecule has 2 N–H and O–H groups in total. The van der Waals surface area contributed by atoms with Gasteiger partial charge >= 0.3 is 5.97 Å². The number of carboxylic acids is 1. The lowest BCUT2D eigenvalue weighted by molar-refractivity contribution is -0.137. The predicted molar refractivity (Wildman–Crippen MR) is 99.1 cm³/mol. The number of thiazole rings is 1. The highest BCUT2D eigenvalue weighted by Crippen LogP contribution is 2.44. The van der Waals surface area contributed by atoms with Crippen molar-refractivity contribution in [2.24, 2.45) is 5.41 Å². The van der Waals surface area contributed by atoms with Crippen LogP contribution in [0.2, 0.25) is 0 Å². The number of aromatic nitrogens is 1. The molecule has 1 aromatic heterocycles. The van der Waals surface area contributed by atoms with Gasteiger partial charge in [0.2, 0.25) is 5.91 Å². The van der Waals surface area contributed by atoms with Crippen molar-refractivity contribution in [2.45, 2.75) is 32.2 Å². The van der Waals surface area contributed by atoms with Gasteiger partial charge in [0.15, 0.2) is 5.69 Å². The third-order valence-corrected chi connectivity index (χ3v) is 5.82. The van der Waals surface area contributed by atoms with E-state index >= 15 is 0 Å². The Morgan fingerprint density at radius 1 is 1.38 bits per heavy atom. The first kappa shape index (κ1) is 18.5. The maximum atomic E-state index is 12.6. The molecule has 1 amide bonds. The van der Waals surface area contributed by atoms with Crippen LogP contribution in [0.3, 0.4) is 0 Å². The number of methoxy groups -OCH3 is 1. The molecule has 7 heteroatoms. The topological polar surface area (TPSA) is 88.5 Å². The molecule has 0 saturated heterocycles. The summed E-state index contributed by atoms with van der Waals surface area (Å²) in [5, 5.41) is 14.2. The number of hydrogen-bond donors (Lipinski definition) is 2. The van der Waals surface area contributed by atoms with E-state index in [0.29, 0.717) is 18.2 Å². The molecule has 6 nitrogen and oxygen atoms in total. The van der Waals surface area contributed by atoms with Crippen molar-refractivity contribution in [3.63, 3.8) is 0 Å². The summed E-state index contributed by atoms with van der Waals surface area (Å²) in [6.45, 7) is 1.04. The highest BCUT2D eigenvalue weighted by Gasteiger charge is 2.43. The van der Waals surface area contributed by atoms with E-state index in [2.05, 4.69) is 10.3 Å². The quantitative estimate of drug-likeness (QED) is 0.740. The molecule has 0 atom stereocenters. The average molecular weight is 374 g/mol. The minimum Gasteiger partial charge on any atom is -0.476 e. The molecule has 1 saturated carbocycles. The first-order valence-electron chi connectivity index (χ1n) is 8.59. The Morgan fingerprint density at radius 2 is 2.19 bits per heavy atom. The fraction of sp³-hybridized carbons (Fsp3) is 0.421. The van der Waals surface area contributed by atoms with Gasteiger partial charge in [0, 0.05) is 31.2 Å². The van der Waals surface area contributed by atoms with Crippen LogP contribution in [0.4, 0.5) is 0 Å². The number of carboxylic acid groups (broad SMARTS) is 1. The second-order valence-electron chi connectivity index (χ2n) is 6.60. The lowest BCUT2D eigenvalue weighted by Crippen LogP contribution is -2.46. The SMILES string of the molecule is COCCC1(C(=O)NCc2cccc(-c3nc(C(=O)O)cs3)c2)CCC1. The fourth-order valence-corrected chi connectivity index (χ4v) is 3.97. The van der Waals surface area contributed by atoms with Crippen molar-refractivity contribution < 1.29 is 19.4 Å². The molecule has 3 rings (SSSR count). The van der Waals surface area contributed by atoms with E-state index in [-0.39, 0.29) is 17.0 Å². The molecule has 138 valence electrons. The molecule has 1 heterocycles. The summed E-state index contributed by atoms with van der Waals surface area (Å²) in [7, 11) is 1.66. The van der Waals surface area contributed by atoms with Gasteiger partial charge in [-0.05, 0) is 30.9 Å². The van der Waals surface area contributed by atoms with Crippen LogP contribution < -0.4 is 5.32 Å². The number of hydrogen-bond acceptors (Lipinski definition) is 5. The Balaban J connectivity index is 1.65. The molecule has 0 unspecified atom stereocenters. The molecular weight excluding hydrogens is 352 g/mol. The van der Waals surface area contributed by atoms with E-state index in [4.69, 9.17) is 9.84 Å². The van der Waals surface area contributed by atoms with Gasteiger partial charge in [0.1, 0.15) is 5.01 Å². The Kier molecular flexibility index (Phi) is 5.68. The first-order valence-corrected chi connectivity index (χ1v) is 9.47. The summed E-state index contributed by atoms with van der Waals surface area (Å²) in [5.74, 6) is -0.939. The summed E-state index contributed by atoms with van der Waals surface area (Å²) in [5.41, 5.74) is 1.59. The molecule has 2 aromatic rings. The summed E-state index contributed by atoms with van der Waals surface area (Å²) < 4.78 is 5.14. The van der Waals surface area contributed by atoms with Crippen LogP contribution in [0, 0.1) is 5.41 Å². The minimum atomic E-state index is -1.03. The zero-order valence-electron chi connectivity index (χ0n) is 14.7. The maximum absolute atomic E-state index is 12.6. The number of aromatic carboxylic acids is 1. The van der Waals surface area contributed by atoms with Gasteiger partial charge in [-0.2, -0.15) is 0 Å². The summed E-state index contributed by atoms with van der Waals surface area (Å²) in [6.07, 6.45) is 3.67. The summed E-state index contributed by atoms with van der Waals surface area (Å²) >= 11 is 1.30. The second kappa shape index (κ2) is 7.97. The van der Waals surface area contributed by atoms with Crippen LogP contribution in [-0.4, -0.2) is 35.7 Å². The molecule has 1 aliphatic carbocycles. The first-order chi connectivity index (χ1) is 12.5. The van der Waals surface area contributed by atoms with E-state index in [9.17, 15) is 9.59 Å². The van der Waals surface area contributed by atoms with Crippen LogP contribution in [0.25, 0.3) is 10.6 Å². The third kappa shape index (κ3) is 3.94. The predicted octanol–water partition coefficient (Wildman–Crippen LogP) is 3.33. The van der Waals surface area contributed by atoms with E-state index in [0.717, 1.165) is 36.8 Å². The number of amides is 1. The lowest BCUT2D eigenvalue weighted by atomic mass is 9.66. The highest BCUT2D eigenvalue weighted by atomic mass is 32.1. The number of benzene rings is 1. The van der Waals surface area contributed by atoms with Gasteiger partial charge in [-0.3, -0.25) is 4.79 Å². The summed E-state index contributed by atoms with van der Waals surface area (Å²) in [4.78, 5) is 27.7. The van der Waals surface area contributed by atoms with E-state index in [1.807, 2.05) is 24.3 Å². The second-order valence-corrected chi connectivity index (χ2v) is 7.46. The van der Waals surface area contributed by atoms with Crippen LogP contribution in [0.1, 0.15) is 41.7 Å². The molecule has 1 aliphatic rings. The van der Waals surface area contributed by atoms with Crippen molar-refractivity contribution in [1.82, 2.24) is 10.3 Å². The number of carbonyl (C=O) groups excluding carboxylic acids is 1.